The van der Waals surface area contributed by atoms with Crippen molar-refractivity contribution < 1.29 is 9.53 Å². The summed E-state index contributed by atoms with van der Waals surface area (Å²) in [6.07, 6.45) is 1.62. The number of ether oxygens (including phenoxy) is 1. The molecule has 2 aromatic rings. The molecule has 0 aliphatic carbocycles. The van der Waals surface area contributed by atoms with Crippen LogP contribution in [0.2, 0.25) is 5.15 Å². The number of carbonyl (C=O) groups excluding carboxylic acids is 1. The molecule has 5 nitrogen and oxygen atoms in total. The Bertz CT molecular complexity index is 659. The van der Waals surface area contributed by atoms with Gasteiger partial charge in [0.25, 0.3) is 5.91 Å². The molecular weight excluding hydrogens is 278 g/mol. The van der Waals surface area contributed by atoms with E-state index in [1.54, 1.807) is 30.5 Å². The van der Waals surface area contributed by atoms with Crippen LogP contribution in [0, 0.1) is 6.92 Å². The molecule has 1 amide bonds. The van der Waals surface area contributed by atoms with E-state index >= 15 is 0 Å². The number of aromatic nitrogens is 1. The normalized spacial score (nSPS) is 10.2. The largest absolute Gasteiger partial charge is 0.496 e. The first-order chi connectivity index (χ1) is 9.52. The molecule has 2 rings (SSSR count). The van der Waals surface area contributed by atoms with Gasteiger partial charge in [0.15, 0.2) is 5.15 Å². The number of anilines is 2. The zero-order valence-corrected chi connectivity index (χ0v) is 11.9. The van der Waals surface area contributed by atoms with Gasteiger partial charge in [-0.25, -0.2) is 4.98 Å². The van der Waals surface area contributed by atoms with E-state index in [-0.39, 0.29) is 10.7 Å². The SMILES string of the molecule is COc1cccc(N)c1C(=O)Nc1cc(C)cnc1Cl. The van der Waals surface area contributed by atoms with Crippen molar-refractivity contribution in [2.75, 3.05) is 18.2 Å². The average molecular weight is 292 g/mol. The lowest BCUT2D eigenvalue weighted by molar-refractivity contribution is 0.102. The third-order valence-corrected chi connectivity index (χ3v) is 3.03. The number of benzene rings is 1. The summed E-state index contributed by atoms with van der Waals surface area (Å²) in [5.41, 5.74) is 7.75. The van der Waals surface area contributed by atoms with E-state index in [1.165, 1.54) is 7.11 Å². The highest BCUT2D eigenvalue weighted by atomic mass is 35.5. The van der Waals surface area contributed by atoms with Gasteiger partial charge in [0.05, 0.1) is 12.8 Å². The van der Waals surface area contributed by atoms with E-state index in [0.29, 0.717) is 17.1 Å². The predicted molar refractivity (Wildman–Crippen MR) is 79.3 cm³/mol. The molecule has 0 bridgehead atoms. The molecule has 6 heteroatoms. The van der Waals surface area contributed by atoms with Gasteiger partial charge in [0.2, 0.25) is 0 Å². The molecule has 0 atom stereocenters. The van der Waals surface area contributed by atoms with Gasteiger partial charge < -0.3 is 15.8 Å². The third-order valence-electron chi connectivity index (χ3n) is 2.73. The molecule has 1 aromatic carbocycles. The smallest absolute Gasteiger partial charge is 0.261 e. The first kappa shape index (κ1) is 14.1. The fourth-order valence-corrected chi connectivity index (χ4v) is 1.94. The lowest BCUT2D eigenvalue weighted by atomic mass is 10.1. The summed E-state index contributed by atoms with van der Waals surface area (Å²) in [7, 11) is 1.48. The maximum absolute atomic E-state index is 12.3. The standard InChI is InChI=1S/C14H14ClN3O2/c1-8-6-10(13(15)17-7-8)18-14(19)12-9(16)4-3-5-11(12)20-2/h3-7H,16H2,1-2H3,(H,18,19). The summed E-state index contributed by atoms with van der Waals surface area (Å²) in [6, 6.07) is 6.75. The predicted octanol–water partition coefficient (Wildman–Crippen LogP) is 2.89. The van der Waals surface area contributed by atoms with Gasteiger partial charge in [-0.15, -0.1) is 0 Å². The van der Waals surface area contributed by atoms with Crippen LogP contribution in [0.5, 0.6) is 5.75 Å². The second kappa shape index (κ2) is 5.79. The molecule has 0 saturated carbocycles. The van der Waals surface area contributed by atoms with Gasteiger partial charge in [-0.05, 0) is 30.7 Å². The Kier molecular flexibility index (Phi) is 4.10. The number of nitrogens with zero attached hydrogens (tertiary/aromatic N) is 1. The van der Waals surface area contributed by atoms with Crippen molar-refractivity contribution in [2.45, 2.75) is 6.92 Å². The molecule has 0 saturated heterocycles. The Morgan fingerprint density at radius 2 is 2.20 bits per heavy atom. The van der Waals surface area contributed by atoms with Gasteiger partial charge >= 0.3 is 0 Å². The molecule has 0 aliphatic heterocycles. The molecule has 0 radical (unpaired) electrons. The van der Waals surface area contributed by atoms with E-state index < -0.39 is 5.91 Å². The first-order valence-electron chi connectivity index (χ1n) is 5.89. The van der Waals surface area contributed by atoms with Gasteiger partial charge in [-0.1, -0.05) is 17.7 Å². The molecule has 104 valence electrons. The van der Waals surface area contributed by atoms with E-state index in [0.717, 1.165) is 5.56 Å². The van der Waals surface area contributed by atoms with Gasteiger partial charge in [0.1, 0.15) is 11.3 Å². The minimum absolute atomic E-state index is 0.220. The Labute approximate surface area is 121 Å². The van der Waals surface area contributed by atoms with Crippen LogP contribution >= 0.6 is 11.6 Å². The fraction of sp³-hybridized carbons (Fsp3) is 0.143. The highest BCUT2D eigenvalue weighted by Crippen LogP contribution is 2.27. The fourth-order valence-electron chi connectivity index (χ4n) is 1.79. The maximum atomic E-state index is 12.3. The van der Waals surface area contributed by atoms with Crippen LogP contribution in [0.25, 0.3) is 0 Å². The number of halogens is 1. The summed E-state index contributed by atoms with van der Waals surface area (Å²) in [4.78, 5) is 16.3. The number of rotatable bonds is 3. The average Bonchev–Trinajstić information content (AvgIpc) is 2.42. The minimum atomic E-state index is -0.394. The van der Waals surface area contributed by atoms with Crippen LogP contribution in [-0.2, 0) is 0 Å². The topological polar surface area (TPSA) is 77.2 Å². The molecule has 1 aromatic heterocycles. The van der Waals surface area contributed by atoms with Crippen molar-refractivity contribution in [2.24, 2.45) is 0 Å². The molecular formula is C14H14ClN3O2. The molecule has 1 heterocycles. The second-order valence-corrected chi connectivity index (χ2v) is 4.59. The molecule has 0 spiro atoms. The Morgan fingerprint density at radius 3 is 2.90 bits per heavy atom. The summed E-state index contributed by atoms with van der Waals surface area (Å²) in [6.45, 7) is 1.86. The number of nitrogen functional groups attached to an aromatic ring is 1. The maximum Gasteiger partial charge on any atom is 0.261 e. The number of nitrogens with one attached hydrogen (secondary N) is 1. The lowest BCUT2D eigenvalue weighted by Gasteiger charge is -2.12. The van der Waals surface area contributed by atoms with Crippen LogP contribution in [0.3, 0.4) is 0 Å². The monoisotopic (exact) mass is 291 g/mol. The van der Waals surface area contributed by atoms with Crippen molar-refractivity contribution in [1.29, 1.82) is 0 Å². The van der Waals surface area contributed by atoms with Crippen LogP contribution in [-0.4, -0.2) is 18.0 Å². The summed E-state index contributed by atoms with van der Waals surface area (Å²) in [5.74, 6) is 0.00786. The summed E-state index contributed by atoms with van der Waals surface area (Å²) >= 11 is 5.95. The third kappa shape index (κ3) is 2.83. The molecule has 3 N–H and O–H groups in total. The number of carbonyl (C=O) groups is 1. The summed E-state index contributed by atoms with van der Waals surface area (Å²) < 4.78 is 5.15. The zero-order chi connectivity index (χ0) is 14.7. The van der Waals surface area contributed by atoms with Crippen LogP contribution < -0.4 is 15.8 Å². The number of hydrogen-bond acceptors (Lipinski definition) is 4. The number of pyridine rings is 1. The van der Waals surface area contributed by atoms with Gasteiger partial charge in [-0.3, -0.25) is 4.79 Å². The Balaban J connectivity index is 2.36. The number of amides is 1. The Hall–Kier alpha value is -2.27. The van der Waals surface area contributed by atoms with Crippen LogP contribution in [0.15, 0.2) is 30.5 Å². The number of methoxy groups -OCH3 is 1. The highest BCUT2D eigenvalue weighted by Gasteiger charge is 2.17. The van der Waals surface area contributed by atoms with Crippen molar-refractivity contribution >= 4 is 28.9 Å². The van der Waals surface area contributed by atoms with E-state index in [2.05, 4.69) is 10.3 Å². The van der Waals surface area contributed by atoms with Crippen molar-refractivity contribution in [3.8, 4) is 5.75 Å². The number of nitrogens with two attached hydrogens (primary N) is 1. The van der Waals surface area contributed by atoms with E-state index in [9.17, 15) is 4.79 Å². The second-order valence-electron chi connectivity index (χ2n) is 4.23. The summed E-state index contributed by atoms with van der Waals surface area (Å²) in [5, 5.41) is 2.91. The molecule has 0 aliphatic rings. The molecule has 0 unspecified atom stereocenters. The first-order valence-corrected chi connectivity index (χ1v) is 6.26. The molecule has 20 heavy (non-hydrogen) atoms. The van der Waals surface area contributed by atoms with Crippen molar-refractivity contribution in [3.63, 3.8) is 0 Å². The van der Waals surface area contributed by atoms with E-state index in [1.807, 2.05) is 6.92 Å². The number of hydrogen-bond donors (Lipinski definition) is 2. The molecule has 0 fully saturated rings. The zero-order valence-electron chi connectivity index (χ0n) is 11.1. The van der Waals surface area contributed by atoms with E-state index in [4.69, 9.17) is 22.1 Å². The Morgan fingerprint density at radius 1 is 1.45 bits per heavy atom. The quantitative estimate of drug-likeness (QED) is 0.673. The van der Waals surface area contributed by atoms with Crippen LogP contribution in [0.4, 0.5) is 11.4 Å². The van der Waals surface area contributed by atoms with Crippen LogP contribution in [0.1, 0.15) is 15.9 Å². The van der Waals surface area contributed by atoms with Gasteiger partial charge in [-0.2, -0.15) is 0 Å². The highest BCUT2D eigenvalue weighted by molar-refractivity contribution is 6.32. The van der Waals surface area contributed by atoms with Gasteiger partial charge in [0, 0.05) is 11.9 Å². The minimum Gasteiger partial charge on any atom is -0.496 e. The van der Waals surface area contributed by atoms with Crippen molar-refractivity contribution in [3.05, 3.63) is 46.7 Å². The van der Waals surface area contributed by atoms with Crippen molar-refractivity contribution in [1.82, 2.24) is 4.98 Å². The number of aryl methyl sites for hydroxylation is 1. The lowest BCUT2D eigenvalue weighted by Crippen LogP contribution is -2.16.